The first-order valence-corrected chi connectivity index (χ1v) is 10.9. The second-order valence-corrected chi connectivity index (χ2v) is 9.62. The summed E-state index contributed by atoms with van der Waals surface area (Å²) < 4.78 is 67.7. The molecule has 2 aliphatic heterocycles. The van der Waals surface area contributed by atoms with E-state index in [1.165, 1.54) is 18.1 Å². The number of rotatable bonds is 4. The highest BCUT2D eigenvalue weighted by Gasteiger charge is 2.43. The van der Waals surface area contributed by atoms with Crippen LogP contribution in [0.4, 0.5) is 13.2 Å². The van der Waals surface area contributed by atoms with Crippen molar-refractivity contribution >= 4 is 39.8 Å². The number of halogens is 4. The Balaban J connectivity index is 0.00000392. The molecule has 0 amide bonds. The summed E-state index contributed by atoms with van der Waals surface area (Å²) in [5, 5.41) is 3.13. The van der Waals surface area contributed by atoms with Crippen LogP contribution in [0.15, 0.2) is 4.99 Å². The Morgan fingerprint density at radius 2 is 1.75 bits per heavy atom. The van der Waals surface area contributed by atoms with Gasteiger partial charge in [0, 0.05) is 59.2 Å². The Morgan fingerprint density at radius 3 is 2.18 bits per heavy atom. The predicted molar refractivity (Wildman–Crippen MR) is 113 cm³/mol. The van der Waals surface area contributed by atoms with E-state index in [1.54, 1.807) is 7.05 Å². The van der Waals surface area contributed by atoms with E-state index in [2.05, 4.69) is 10.3 Å². The number of hydrogen-bond donors (Lipinski definition) is 1. The molecule has 0 saturated carbocycles. The third kappa shape index (κ3) is 6.08. The highest BCUT2D eigenvalue weighted by molar-refractivity contribution is 14.0. The van der Waals surface area contributed by atoms with E-state index in [1.807, 2.05) is 4.90 Å². The van der Waals surface area contributed by atoms with Crippen LogP contribution >= 0.6 is 24.0 Å². The summed E-state index contributed by atoms with van der Waals surface area (Å²) in [5.41, 5.74) is 0. The van der Waals surface area contributed by atoms with Gasteiger partial charge in [0.1, 0.15) is 6.04 Å². The molecule has 12 heteroatoms. The molecule has 0 aromatic heterocycles. The minimum Gasteiger partial charge on any atom is -0.381 e. The summed E-state index contributed by atoms with van der Waals surface area (Å²) in [6, 6.07) is -1.48. The van der Waals surface area contributed by atoms with Crippen molar-refractivity contribution in [2.75, 3.05) is 59.2 Å². The minimum absolute atomic E-state index is 0. The zero-order valence-electron chi connectivity index (χ0n) is 16.5. The van der Waals surface area contributed by atoms with Gasteiger partial charge in [0.25, 0.3) is 0 Å². The molecule has 2 aliphatic rings. The molecule has 28 heavy (non-hydrogen) atoms. The average molecular weight is 542 g/mol. The molecular formula is C16H30F3IN4O3S. The maximum Gasteiger partial charge on any atom is 0.403 e. The van der Waals surface area contributed by atoms with Gasteiger partial charge in [-0.15, -0.1) is 24.0 Å². The first kappa shape index (κ1) is 25.7. The molecule has 0 aromatic carbocycles. The summed E-state index contributed by atoms with van der Waals surface area (Å²) in [5.74, 6) is 0.517. The van der Waals surface area contributed by atoms with E-state index in [9.17, 15) is 21.6 Å². The monoisotopic (exact) mass is 542 g/mol. The molecule has 166 valence electrons. The van der Waals surface area contributed by atoms with Crippen LogP contribution in [0.25, 0.3) is 0 Å². The molecule has 0 aliphatic carbocycles. The number of hydrogen-bond acceptors (Lipinski definition) is 5. The van der Waals surface area contributed by atoms with Gasteiger partial charge in [0.15, 0.2) is 15.8 Å². The first-order valence-electron chi connectivity index (χ1n) is 9.04. The Hall–Kier alpha value is -0.340. The smallest absolute Gasteiger partial charge is 0.381 e. The lowest BCUT2D eigenvalue weighted by atomic mass is 9.99. The highest BCUT2D eigenvalue weighted by atomic mass is 127. The predicted octanol–water partition coefficient (Wildman–Crippen LogP) is 1.34. The summed E-state index contributed by atoms with van der Waals surface area (Å²) in [4.78, 5) is 7.47. The van der Waals surface area contributed by atoms with Crippen molar-refractivity contribution in [2.45, 2.75) is 36.7 Å². The SMILES string of the molecule is CN=C(NCC1(S(C)(=O)=O)CCOCC1)N1CCN(C(C)C(F)(F)F)CC1.I. The Bertz CT molecular complexity index is 632. The Morgan fingerprint density at radius 1 is 1.21 bits per heavy atom. The fourth-order valence-electron chi connectivity index (χ4n) is 3.52. The summed E-state index contributed by atoms with van der Waals surface area (Å²) in [6.07, 6.45) is -2.19. The molecule has 2 fully saturated rings. The van der Waals surface area contributed by atoms with E-state index in [0.717, 1.165) is 0 Å². The standard InChI is InChI=1S/C16H29F3N4O3S.HI/c1-13(16(17,18)19)22-6-8-23(9-7-22)14(20-2)21-12-15(27(3,24)25)4-10-26-11-5-15;/h13H,4-12H2,1-3H3,(H,20,21);1H. The second kappa shape index (κ2) is 10.1. The number of piperazine rings is 1. The molecular weight excluding hydrogens is 512 g/mol. The second-order valence-electron chi connectivity index (χ2n) is 7.21. The molecule has 0 bridgehead atoms. The van der Waals surface area contributed by atoms with Crippen LogP contribution in [-0.4, -0.2) is 100 Å². The van der Waals surface area contributed by atoms with Gasteiger partial charge < -0.3 is 15.0 Å². The van der Waals surface area contributed by atoms with Gasteiger partial charge in [-0.05, 0) is 19.8 Å². The normalized spacial score (nSPS) is 23.1. The van der Waals surface area contributed by atoms with Crippen molar-refractivity contribution in [1.29, 1.82) is 0 Å². The number of sulfone groups is 1. The van der Waals surface area contributed by atoms with Gasteiger partial charge in [-0.2, -0.15) is 13.2 Å². The topological polar surface area (TPSA) is 74.2 Å². The van der Waals surface area contributed by atoms with Gasteiger partial charge in [-0.3, -0.25) is 9.89 Å². The molecule has 0 radical (unpaired) electrons. The number of alkyl halides is 3. The van der Waals surface area contributed by atoms with E-state index < -0.39 is 26.8 Å². The van der Waals surface area contributed by atoms with Crippen molar-refractivity contribution in [3.05, 3.63) is 0 Å². The highest BCUT2D eigenvalue weighted by Crippen LogP contribution is 2.29. The van der Waals surface area contributed by atoms with Crippen molar-refractivity contribution < 1.29 is 26.3 Å². The van der Waals surface area contributed by atoms with Crippen LogP contribution in [0.2, 0.25) is 0 Å². The van der Waals surface area contributed by atoms with Crippen molar-refractivity contribution in [3.8, 4) is 0 Å². The quantitative estimate of drug-likeness (QED) is 0.329. The molecule has 7 nitrogen and oxygen atoms in total. The number of nitrogens with zero attached hydrogens (tertiary/aromatic N) is 3. The minimum atomic E-state index is -4.24. The first-order chi connectivity index (χ1) is 12.5. The van der Waals surface area contributed by atoms with Gasteiger partial charge >= 0.3 is 6.18 Å². The number of aliphatic imine (C=N–C) groups is 1. The molecule has 0 aromatic rings. The summed E-state index contributed by atoms with van der Waals surface area (Å²) >= 11 is 0. The molecule has 1 atom stereocenters. The van der Waals surface area contributed by atoms with Crippen LogP contribution in [0.1, 0.15) is 19.8 Å². The van der Waals surface area contributed by atoms with Gasteiger partial charge in [-0.25, -0.2) is 8.42 Å². The third-order valence-corrected chi connectivity index (χ3v) is 7.73. The van der Waals surface area contributed by atoms with Gasteiger partial charge in [0.2, 0.25) is 0 Å². The lowest BCUT2D eigenvalue weighted by Gasteiger charge is -2.41. The van der Waals surface area contributed by atoms with Crippen LogP contribution in [-0.2, 0) is 14.6 Å². The van der Waals surface area contributed by atoms with E-state index in [-0.39, 0.29) is 43.6 Å². The maximum atomic E-state index is 12.9. The zero-order valence-corrected chi connectivity index (χ0v) is 19.6. The van der Waals surface area contributed by atoms with Crippen molar-refractivity contribution in [2.24, 2.45) is 4.99 Å². The fraction of sp³-hybridized carbons (Fsp3) is 0.938. The molecule has 1 unspecified atom stereocenters. The zero-order chi connectivity index (χ0) is 20.3. The maximum absolute atomic E-state index is 12.9. The van der Waals surface area contributed by atoms with Crippen molar-refractivity contribution in [1.82, 2.24) is 15.1 Å². The van der Waals surface area contributed by atoms with E-state index in [4.69, 9.17) is 4.74 Å². The summed E-state index contributed by atoms with van der Waals surface area (Å²) in [7, 11) is -1.72. The van der Waals surface area contributed by atoms with Crippen LogP contribution in [0.5, 0.6) is 0 Å². The van der Waals surface area contributed by atoms with Crippen LogP contribution < -0.4 is 5.32 Å². The van der Waals surface area contributed by atoms with E-state index >= 15 is 0 Å². The molecule has 2 rings (SSSR count). The average Bonchev–Trinajstić information content (AvgIpc) is 2.61. The van der Waals surface area contributed by atoms with Crippen LogP contribution in [0.3, 0.4) is 0 Å². The van der Waals surface area contributed by atoms with Crippen molar-refractivity contribution in [3.63, 3.8) is 0 Å². The fourth-order valence-corrected chi connectivity index (χ4v) is 4.77. The molecule has 2 heterocycles. The summed E-state index contributed by atoms with van der Waals surface area (Å²) in [6.45, 7) is 3.50. The lowest BCUT2D eigenvalue weighted by Crippen LogP contribution is -2.59. The Kier molecular flexibility index (Phi) is 9.28. The largest absolute Gasteiger partial charge is 0.403 e. The van der Waals surface area contributed by atoms with Crippen LogP contribution in [0, 0.1) is 0 Å². The molecule has 1 N–H and O–H groups in total. The lowest BCUT2D eigenvalue weighted by molar-refractivity contribution is -0.181. The molecule has 2 saturated heterocycles. The molecule has 0 spiro atoms. The van der Waals surface area contributed by atoms with Gasteiger partial charge in [-0.1, -0.05) is 0 Å². The number of ether oxygens (including phenoxy) is 1. The Labute approximate surface area is 182 Å². The van der Waals surface area contributed by atoms with E-state index in [0.29, 0.717) is 45.1 Å². The van der Waals surface area contributed by atoms with Gasteiger partial charge in [0.05, 0.1) is 4.75 Å². The third-order valence-electron chi connectivity index (χ3n) is 5.61. The number of guanidine groups is 1. The number of nitrogens with one attached hydrogen (secondary N) is 1.